The molecule has 0 radical (unpaired) electrons. The lowest BCUT2D eigenvalue weighted by Crippen LogP contribution is -2.07. The number of pyridine rings is 1. The maximum atomic E-state index is 12.9. The average molecular weight is 431 g/mol. The van der Waals surface area contributed by atoms with Crippen LogP contribution in [0.5, 0.6) is 0 Å². The Bertz CT molecular complexity index is 1620. The van der Waals surface area contributed by atoms with Gasteiger partial charge in [-0.3, -0.25) is 0 Å². The molecule has 0 aliphatic heterocycles. The molecule has 0 aliphatic carbocycles. The van der Waals surface area contributed by atoms with Gasteiger partial charge < -0.3 is 10.2 Å². The van der Waals surface area contributed by atoms with Gasteiger partial charge in [0.2, 0.25) is 0 Å². The van der Waals surface area contributed by atoms with Crippen LogP contribution in [0.3, 0.4) is 0 Å². The zero-order chi connectivity index (χ0) is 23.1. The van der Waals surface area contributed by atoms with Crippen LogP contribution in [0.25, 0.3) is 44.1 Å². The van der Waals surface area contributed by atoms with Gasteiger partial charge in [0, 0.05) is 10.9 Å². The SMILES string of the molecule is CC(C)c1ccc(-c2cc(-c3cc4c(ccc5ccccc54)oc3=O)nc(N)c2C#N)cc1. The van der Waals surface area contributed by atoms with Crippen LogP contribution in [-0.2, 0) is 0 Å². The normalized spacial score (nSPS) is 11.2. The summed E-state index contributed by atoms with van der Waals surface area (Å²) in [6.07, 6.45) is 0. The van der Waals surface area contributed by atoms with Crippen LogP contribution < -0.4 is 11.4 Å². The fourth-order valence-corrected chi connectivity index (χ4v) is 4.15. The molecule has 0 saturated heterocycles. The van der Waals surface area contributed by atoms with Crippen LogP contribution in [0.15, 0.2) is 82.0 Å². The summed E-state index contributed by atoms with van der Waals surface area (Å²) < 4.78 is 5.64. The van der Waals surface area contributed by atoms with E-state index < -0.39 is 5.63 Å². The molecule has 2 N–H and O–H groups in total. The molecule has 5 heteroatoms. The molecular formula is C28H21N3O2. The molecule has 0 aliphatic rings. The summed E-state index contributed by atoms with van der Waals surface area (Å²) in [5.41, 5.74) is 9.80. The number of aromatic nitrogens is 1. The highest BCUT2D eigenvalue weighted by Crippen LogP contribution is 2.33. The van der Waals surface area contributed by atoms with Gasteiger partial charge in [-0.1, -0.05) is 68.4 Å². The molecular weight excluding hydrogens is 410 g/mol. The van der Waals surface area contributed by atoms with Crippen molar-refractivity contribution in [2.24, 2.45) is 0 Å². The van der Waals surface area contributed by atoms with Crippen LogP contribution in [0.4, 0.5) is 5.82 Å². The molecule has 2 aromatic heterocycles. The molecule has 160 valence electrons. The van der Waals surface area contributed by atoms with Crippen molar-refractivity contribution < 1.29 is 4.42 Å². The number of hydrogen-bond donors (Lipinski definition) is 1. The molecule has 0 amide bonds. The Labute approximate surface area is 190 Å². The van der Waals surface area contributed by atoms with Crippen LogP contribution in [0.2, 0.25) is 0 Å². The second-order valence-corrected chi connectivity index (χ2v) is 8.35. The van der Waals surface area contributed by atoms with Gasteiger partial charge in [0.05, 0.1) is 11.3 Å². The summed E-state index contributed by atoms with van der Waals surface area (Å²) in [4.78, 5) is 17.3. The standard InChI is InChI=1S/C28H21N3O2/c1-16(2)17-7-9-19(10-8-17)21-14-25(31-27(30)24(21)15-29)23-13-22-20-6-4-3-5-18(20)11-12-26(22)33-28(23)32/h3-14,16H,1-2H3,(H2,30,31). The van der Waals surface area contributed by atoms with Crippen molar-refractivity contribution in [3.05, 3.63) is 94.3 Å². The summed E-state index contributed by atoms with van der Waals surface area (Å²) >= 11 is 0. The molecule has 0 saturated carbocycles. The third-order valence-corrected chi connectivity index (χ3v) is 5.97. The molecule has 0 bridgehead atoms. The second kappa shape index (κ2) is 7.92. The molecule has 0 spiro atoms. The fraction of sp³-hybridized carbons (Fsp3) is 0.107. The maximum absolute atomic E-state index is 12.9. The smallest absolute Gasteiger partial charge is 0.345 e. The highest BCUT2D eigenvalue weighted by atomic mass is 16.4. The highest BCUT2D eigenvalue weighted by molar-refractivity contribution is 6.06. The minimum atomic E-state index is -0.504. The highest BCUT2D eigenvalue weighted by Gasteiger charge is 2.17. The number of anilines is 1. The van der Waals surface area contributed by atoms with Gasteiger partial charge in [-0.2, -0.15) is 5.26 Å². The molecule has 0 fully saturated rings. The van der Waals surface area contributed by atoms with E-state index in [-0.39, 0.29) is 11.4 Å². The molecule has 2 heterocycles. The summed E-state index contributed by atoms with van der Waals surface area (Å²) in [6.45, 7) is 4.25. The van der Waals surface area contributed by atoms with Gasteiger partial charge in [0.25, 0.3) is 0 Å². The van der Waals surface area contributed by atoms with Gasteiger partial charge in [-0.25, -0.2) is 9.78 Å². The summed E-state index contributed by atoms with van der Waals surface area (Å²) in [6, 6.07) is 25.3. The third kappa shape index (κ3) is 3.52. The molecule has 3 aromatic carbocycles. The van der Waals surface area contributed by atoms with Gasteiger partial charge in [-0.05, 0) is 46.0 Å². The van der Waals surface area contributed by atoms with Crippen molar-refractivity contribution in [1.82, 2.24) is 4.98 Å². The molecule has 0 unspecified atom stereocenters. The number of rotatable bonds is 3. The number of benzene rings is 3. The zero-order valence-corrected chi connectivity index (χ0v) is 18.3. The van der Waals surface area contributed by atoms with Crippen molar-refractivity contribution >= 4 is 27.6 Å². The van der Waals surface area contributed by atoms with E-state index in [0.29, 0.717) is 28.3 Å². The Balaban J connectivity index is 1.74. The van der Waals surface area contributed by atoms with Crippen molar-refractivity contribution in [3.63, 3.8) is 0 Å². The molecule has 33 heavy (non-hydrogen) atoms. The average Bonchev–Trinajstić information content (AvgIpc) is 2.83. The molecule has 5 nitrogen and oxygen atoms in total. The molecule has 0 atom stereocenters. The predicted molar refractivity (Wildman–Crippen MR) is 132 cm³/mol. The number of hydrogen-bond acceptors (Lipinski definition) is 5. The summed E-state index contributed by atoms with van der Waals surface area (Å²) in [5, 5.41) is 12.6. The topological polar surface area (TPSA) is 92.9 Å². The number of nitriles is 1. The number of nitrogens with two attached hydrogens (primary N) is 1. The largest absolute Gasteiger partial charge is 0.422 e. The first kappa shape index (κ1) is 20.5. The monoisotopic (exact) mass is 431 g/mol. The van der Waals surface area contributed by atoms with Crippen molar-refractivity contribution in [2.45, 2.75) is 19.8 Å². The Morgan fingerprint density at radius 1 is 0.939 bits per heavy atom. The Hall–Kier alpha value is -4.43. The first-order chi connectivity index (χ1) is 16.0. The molecule has 5 aromatic rings. The van der Waals surface area contributed by atoms with E-state index in [9.17, 15) is 10.1 Å². The lowest BCUT2D eigenvalue weighted by Gasteiger charge is -2.12. The summed E-state index contributed by atoms with van der Waals surface area (Å²) in [5.74, 6) is 0.472. The predicted octanol–water partition coefficient (Wildman–Crippen LogP) is 6.25. The van der Waals surface area contributed by atoms with Crippen molar-refractivity contribution in [3.8, 4) is 28.5 Å². The fourth-order valence-electron chi connectivity index (χ4n) is 4.15. The van der Waals surface area contributed by atoms with Gasteiger partial charge in [-0.15, -0.1) is 0 Å². The van der Waals surface area contributed by atoms with Gasteiger partial charge in [0.1, 0.15) is 23.0 Å². The van der Waals surface area contributed by atoms with E-state index in [1.165, 1.54) is 5.56 Å². The number of nitrogen functional groups attached to an aromatic ring is 1. The third-order valence-electron chi connectivity index (χ3n) is 5.97. The first-order valence-electron chi connectivity index (χ1n) is 10.7. The lowest BCUT2D eigenvalue weighted by molar-refractivity contribution is 0.563. The van der Waals surface area contributed by atoms with Crippen LogP contribution >= 0.6 is 0 Å². The second-order valence-electron chi connectivity index (χ2n) is 8.35. The Kier molecular flexibility index (Phi) is 4.91. The quantitative estimate of drug-likeness (QED) is 0.269. The zero-order valence-electron chi connectivity index (χ0n) is 18.3. The maximum Gasteiger partial charge on any atom is 0.345 e. The van der Waals surface area contributed by atoms with E-state index in [1.807, 2.05) is 54.6 Å². The van der Waals surface area contributed by atoms with E-state index in [1.54, 1.807) is 18.2 Å². The van der Waals surface area contributed by atoms with Crippen LogP contribution in [-0.4, -0.2) is 4.98 Å². The van der Waals surface area contributed by atoms with E-state index >= 15 is 0 Å². The number of nitrogens with zero attached hydrogens (tertiary/aromatic N) is 2. The van der Waals surface area contributed by atoms with Crippen molar-refractivity contribution in [1.29, 1.82) is 5.26 Å². The van der Waals surface area contributed by atoms with E-state index in [4.69, 9.17) is 10.2 Å². The first-order valence-corrected chi connectivity index (χ1v) is 10.7. The van der Waals surface area contributed by atoms with Crippen molar-refractivity contribution in [2.75, 3.05) is 5.73 Å². The van der Waals surface area contributed by atoms with Gasteiger partial charge >= 0.3 is 5.63 Å². The van der Waals surface area contributed by atoms with Crippen LogP contribution in [0, 0.1) is 11.3 Å². The van der Waals surface area contributed by atoms with Gasteiger partial charge in [0.15, 0.2) is 0 Å². The van der Waals surface area contributed by atoms with E-state index in [2.05, 4.69) is 24.9 Å². The minimum absolute atomic E-state index is 0.0790. The Morgan fingerprint density at radius 2 is 1.70 bits per heavy atom. The minimum Gasteiger partial charge on any atom is -0.422 e. The molecule has 5 rings (SSSR count). The number of fused-ring (bicyclic) bond motifs is 3. The summed E-state index contributed by atoms with van der Waals surface area (Å²) in [7, 11) is 0. The lowest BCUT2D eigenvalue weighted by atomic mass is 9.95. The van der Waals surface area contributed by atoms with E-state index in [0.717, 1.165) is 21.7 Å². The Morgan fingerprint density at radius 3 is 2.42 bits per heavy atom. The van der Waals surface area contributed by atoms with Crippen LogP contribution in [0.1, 0.15) is 30.9 Å².